The van der Waals surface area contributed by atoms with Crippen molar-refractivity contribution in [3.8, 4) is 0 Å². The number of rotatable bonds is 10. The van der Waals surface area contributed by atoms with Gasteiger partial charge in [0.05, 0.1) is 24.0 Å². The van der Waals surface area contributed by atoms with Crippen LogP contribution in [-0.4, -0.2) is 52.9 Å². The number of hydrogen-bond donors (Lipinski definition) is 2. The van der Waals surface area contributed by atoms with Crippen LogP contribution in [0, 0.1) is 10.8 Å². The van der Waals surface area contributed by atoms with Crippen molar-refractivity contribution in [2.45, 2.75) is 6.42 Å². The first-order chi connectivity index (χ1) is 18.6. The Bertz CT molecular complexity index is 1140. The summed E-state index contributed by atoms with van der Waals surface area (Å²) in [7, 11) is -11.0. The zero-order valence-corrected chi connectivity index (χ0v) is 23.6. The zero-order chi connectivity index (χ0) is 27.2. The van der Waals surface area contributed by atoms with E-state index < -0.39 is 34.9 Å². The Morgan fingerprint density at radius 3 is 1.54 bits per heavy atom. The van der Waals surface area contributed by atoms with E-state index in [2.05, 4.69) is 5.09 Å². The van der Waals surface area contributed by atoms with Crippen molar-refractivity contribution in [2.75, 3.05) is 63.7 Å². The monoisotopic (exact) mass is 602 g/mol. The Balaban J connectivity index is 1.14. The number of hydrogen-bond acceptors (Lipinski definition) is 12. The van der Waals surface area contributed by atoms with Crippen LogP contribution >= 0.6 is 24.1 Å². The molecule has 6 heterocycles. The Labute approximate surface area is 226 Å². The smallest absolute Gasteiger partial charge is 0.432 e. The predicted octanol–water partition coefficient (Wildman–Crippen LogP) is 2.62. The molecule has 6 saturated heterocycles. The lowest BCUT2D eigenvalue weighted by Crippen LogP contribution is -2.52. The summed E-state index contributed by atoms with van der Waals surface area (Å²) in [6.07, 6.45) is 0.698. The van der Waals surface area contributed by atoms with Crippen molar-refractivity contribution in [1.82, 2.24) is 0 Å². The Morgan fingerprint density at radius 1 is 0.744 bits per heavy atom. The molecule has 212 valence electrons. The highest BCUT2D eigenvalue weighted by molar-refractivity contribution is 7.55. The molecule has 6 fully saturated rings. The van der Waals surface area contributed by atoms with Crippen LogP contribution in [0.2, 0.25) is 0 Å². The van der Waals surface area contributed by atoms with Crippen molar-refractivity contribution in [3.05, 3.63) is 59.7 Å². The van der Waals surface area contributed by atoms with Crippen LogP contribution in [0.25, 0.3) is 0 Å². The van der Waals surface area contributed by atoms with Crippen LogP contribution in [-0.2, 0) is 47.2 Å². The average molecular weight is 602 g/mol. The number of fused-ring (bicyclic) bond motifs is 6. The molecule has 13 nitrogen and oxygen atoms in total. The number of phosphoric acid groups is 2. The van der Waals surface area contributed by atoms with Crippen molar-refractivity contribution < 1.29 is 50.5 Å². The third-order valence-corrected chi connectivity index (χ3v) is 11.0. The number of nitrogens with two attached hydrogens (primary N) is 1. The topological polar surface area (TPSA) is 175 Å². The highest BCUT2D eigenvalue weighted by Gasteiger charge is 2.57. The maximum atomic E-state index is 14.0. The summed E-state index contributed by atoms with van der Waals surface area (Å²) in [6.45, 7) is 0.184. The lowest BCUT2D eigenvalue weighted by Gasteiger charge is -2.46. The van der Waals surface area contributed by atoms with Gasteiger partial charge in [-0.3, -0.25) is 14.1 Å². The van der Waals surface area contributed by atoms with Crippen LogP contribution in [0.15, 0.2) is 48.5 Å². The first-order valence-electron chi connectivity index (χ1n) is 12.3. The second kappa shape index (κ2) is 10.5. The minimum absolute atomic E-state index is 0.0683. The van der Waals surface area contributed by atoms with Gasteiger partial charge in [-0.05, 0) is 41.8 Å². The lowest BCUT2D eigenvalue weighted by atomic mass is 9.93. The van der Waals surface area contributed by atoms with Gasteiger partial charge in [0.15, 0.2) is 0 Å². The standard InChI is InChI=1S/C23H29N2O11P3/c24-20-5-1-18(2-6-20)9-19-3-7-21(8-4-19)25-37(26,29-10-22-12-31-38(27,32-13-22)33-14-22)30-11-23-15-34-39(28,35-16-23)36-17-23/h1-8H,9-17,24H2,(H,25,26). The van der Waals surface area contributed by atoms with Gasteiger partial charge in [0, 0.05) is 11.4 Å². The van der Waals surface area contributed by atoms with E-state index in [0.29, 0.717) is 17.8 Å². The van der Waals surface area contributed by atoms with Gasteiger partial charge in [-0.1, -0.05) is 24.3 Å². The molecule has 0 amide bonds. The number of nitrogens with one attached hydrogen (secondary N) is 1. The van der Waals surface area contributed by atoms with E-state index in [9.17, 15) is 14.4 Å². The maximum absolute atomic E-state index is 14.0. The van der Waals surface area contributed by atoms with Crippen molar-refractivity contribution in [1.29, 1.82) is 0 Å². The molecule has 39 heavy (non-hydrogen) atoms. The van der Waals surface area contributed by atoms with Crippen molar-refractivity contribution in [3.63, 3.8) is 0 Å². The summed E-state index contributed by atoms with van der Waals surface area (Å²) in [6, 6.07) is 15.0. The molecule has 2 aromatic carbocycles. The van der Waals surface area contributed by atoms with Gasteiger partial charge in [0.25, 0.3) is 0 Å². The summed E-state index contributed by atoms with van der Waals surface area (Å²) < 4.78 is 57.1. The van der Waals surface area contributed by atoms with Crippen LogP contribution < -0.4 is 20.6 Å². The minimum atomic E-state index is -4.01. The molecule has 0 unspecified atom stereocenters. The fourth-order valence-corrected chi connectivity index (χ4v) is 8.89. The number of anilines is 2. The molecule has 0 saturated carbocycles. The van der Waals surface area contributed by atoms with E-state index in [1.165, 1.54) is 0 Å². The quantitative estimate of drug-likeness (QED) is 0.300. The Kier molecular flexibility index (Phi) is 7.53. The third-order valence-electron chi connectivity index (χ3n) is 6.86. The van der Waals surface area contributed by atoms with Crippen LogP contribution in [0.5, 0.6) is 0 Å². The van der Waals surface area contributed by atoms with Gasteiger partial charge in [-0.2, -0.15) is 27.1 Å². The number of nitrogen functional groups attached to an aromatic ring is 1. The van der Waals surface area contributed by atoms with Crippen LogP contribution in [0.4, 0.5) is 11.4 Å². The molecule has 4 bridgehead atoms. The molecule has 0 aliphatic carbocycles. The lowest BCUT2D eigenvalue weighted by molar-refractivity contribution is -0.290. The van der Waals surface area contributed by atoms with E-state index in [1.807, 2.05) is 36.4 Å². The molecule has 6 aliphatic heterocycles. The second-order valence-corrected chi connectivity index (χ2v) is 15.4. The van der Waals surface area contributed by atoms with E-state index in [0.717, 1.165) is 11.1 Å². The van der Waals surface area contributed by atoms with Gasteiger partial charge >= 0.3 is 24.1 Å². The highest BCUT2D eigenvalue weighted by Crippen LogP contribution is 2.65. The van der Waals surface area contributed by atoms with Crippen LogP contribution in [0.1, 0.15) is 11.1 Å². The van der Waals surface area contributed by atoms with Crippen molar-refractivity contribution in [2.24, 2.45) is 10.8 Å². The van der Waals surface area contributed by atoms with Gasteiger partial charge in [0.1, 0.15) is 39.6 Å². The summed E-state index contributed by atoms with van der Waals surface area (Å²) in [5.74, 6) is 0. The summed E-state index contributed by atoms with van der Waals surface area (Å²) in [5, 5.41) is 2.90. The predicted molar refractivity (Wildman–Crippen MR) is 138 cm³/mol. The second-order valence-electron chi connectivity index (χ2n) is 10.3. The molecule has 0 radical (unpaired) electrons. The van der Waals surface area contributed by atoms with E-state index in [4.69, 9.17) is 41.9 Å². The Morgan fingerprint density at radius 2 is 1.13 bits per heavy atom. The van der Waals surface area contributed by atoms with Gasteiger partial charge < -0.3 is 15.5 Å². The molecule has 0 spiro atoms. The summed E-state index contributed by atoms with van der Waals surface area (Å²) in [5.41, 5.74) is 7.53. The fraction of sp³-hybridized carbons (Fsp3) is 0.478. The first-order valence-corrected chi connectivity index (χ1v) is 16.7. The van der Waals surface area contributed by atoms with Gasteiger partial charge in [-0.15, -0.1) is 0 Å². The van der Waals surface area contributed by atoms with E-state index >= 15 is 0 Å². The molecule has 0 aromatic heterocycles. The first kappa shape index (κ1) is 27.9. The molecule has 2 aromatic rings. The summed E-state index contributed by atoms with van der Waals surface area (Å²) in [4.78, 5) is 24.2. The molecular formula is C23H29N2O11P3. The van der Waals surface area contributed by atoms with E-state index in [-0.39, 0.29) is 52.9 Å². The normalized spacial score (nSPS) is 35.0. The minimum Gasteiger partial charge on any atom is -0.606 e. The zero-order valence-electron chi connectivity index (χ0n) is 20.9. The van der Waals surface area contributed by atoms with Gasteiger partial charge in [-0.25, -0.2) is 4.57 Å². The molecule has 16 heteroatoms. The number of benzene rings is 2. The van der Waals surface area contributed by atoms with Crippen LogP contribution in [0.3, 0.4) is 0 Å². The van der Waals surface area contributed by atoms with Crippen molar-refractivity contribution >= 4 is 35.5 Å². The summed E-state index contributed by atoms with van der Waals surface area (Å²) >= 11 is 0. The number of phosphoric ester groups is 2. The fourth-order valence-electron chi connectivity index (χ4n) is 4.29. The molecular weight excluding hydrogens is 573 g/mol. The average Bonchev–Trinajstić information content (AvgIpc) is 2.95. The third kappa shape index (κ3) is 6.32. The van der Waals surface area contributed by atoms with Gasteiger partial charge in [0.2, 0.25) is 0 Å². The largest absolute Gasteiger partial charge is 0.606 e. The molecule has 3 N–H and O–H groups in total. The van der Waals surface area contributed by atoms with E-state index in [1.54, 1.807) is 12.1 Å². The molecule has 6 aliphatic rings. The molecule has 8 rings (SSSR count). The Hall–Kier alpha value is -1.27. The maximum Gasteiger partial charge on any atom is 0.432 e. The molecule has 0 atom stereocenters. The SMILES string of the molecule is Nc1ccc(Cc2ccc(NP(=O)(OCC34CO[P+]([O-])(OC3)OC4)OCC34CO[P+]([O-])(OC3)OC4)cc2)cc1. The highest BCUT2D eigenvalue weighted by atomic mass is 31.2.